The van der Waals surface area contributed by atoms with Gasteiger partial charge in [0.1, 0.15) is 5.69 Å². The Morgan fingerprint density at radius 1 is 1.47 bits per heavy atom. The Hall–Kier alpha value is -2.23. The lowest BCUT2D eigenvalue weighted by Crippen LogP contribution is -2.12. The molecular formula is C11H8N3O. The van der Waals surface area contributed by atoms with E-state index < -0.39 is 5.91 Å². The summed E-state index contributed by atoms with van der Waals surface area (Å²) in [7, 11) is 0. The molecule has 2 heterocycles. The number of nitrogens with two attached hydrogens (primary N) is 1. The van der Waals surface area contributed by atoms with Crippen LogP contribution in [0.4, 0.5) is 0 Å². The molecule has 1 radical (unpaired) electrons. The number of carbonyl (C=O) groups is 1. The van der Waals surface area contributed by atoms with Crippen LogP contribution in [-0.4, -0.2) is 15.9 Å². The third-order valence-corrected chi connectivity index (χ3v) is 1.93. The summed E-state index contributed by atoms with van der Waals surface area (Å²) in [4.78, 5) is 18.7. The Balaban J connectivity index is 2.46. The number of nitrogens with zero attached hydrogens (tertiary/aromatic N) is 2. The molecule has 15 heavy (non-hydrogen) atoms. The molecule has 0 atom stereocenters. The van der Waals surface area contributed by atoms with Gasteiger partial charge < -0.3 is 5.73 Å². The molecule has 0 aliphatic heterocycles. The number of amides is 1. The first-order valence-corrected chi connectivity index (χ1v) is 4.35. The fourth-order valence-electron chi connectivity index (χ4n) is 1.21. The molecule has 0 saturated heterocycles. The van der Waals surface area contributed by atoms with Crippen molar-refractivity contribution >= 4 is 5.91 Å². The van der Waals surface area contributed by atoms with Crippen molar-refractivity contribution in [2.24, 2.45) is 5.73 Å². The lowest BCUT2D eigenvalue weighted by atomic mass is 10.1. The van der Waals surface area contributed by atoms with Crippen molar-refractivity contribution < 1.29 is 4.79 Å². The molecule has 2 rings (SSSR count). The van der Waals surface area contributed by atoms with Crippen LogP contribution in [0.2, 0.25) is 0 Å². The maximum absolute atomic E-state index is 10.9. The van der Waals surface area contributed by atoms with Crippen LogP contribution in [0.3, 0.4) is 0 Å². The topological polar surface area (TPSA) is 68.9 Å². The standard InChI is InChI=1S/C11H8N3O/c12-11(15)10-6-8(3-5-14-10)9-2-1-4-13-7-9/h1-2,4-7H,(H2,12,15). The molecular weight excluding hydrogens is 190 g/mol. The molecule has 2 aromatic heterocycles. The molecule has 0 aromatic carbocycles. The van der Waals surface area contributed by atoms with E-state index in [0.29, 0.717) is 0 Å². The van der Waals surface area contributed by atoms with E-state index in [4.69, 9.17) is 5.73 Å². The number of hydrogen-bond acceptors (Lipinski definition) is 3. The zero-order valence-corrected chi connectivity index (χ0v) is 7.84. The van der Waals surface area contributed by atoms with E-state index in [1.54, 1.807) is 18.5 Å². The number of pyridine rings is 2. The lowest BCUT2D eigenvalue weighted by Gasteiger charge is -2.00. The van der Waals surface area contributed by atoms with E-state index in [2.05, 4.69) is 16.0 Å². The quantitative estimate of drug-likeness (QED) is 0.783. The number of aromatic nitrogens is 2. The van der Waals surface area contributed by atoms with E-state index in [9.17, 15) is 4.79 Å². The van der Waals surface area contributed by atoms with Gasteiger partial charge in [0, 0.05) is 30.2 Å². The van der Waals surface area contributed by atoms with Crippen molar-refractivity contribution in [3.63, 3.8) is 0 Å². The molecule has 0 bridgehead atoms. The molecule has 0 fully saturated rings. The van der Waals surface area contributed by atoms with Crippen molar-refractivity contribution in [3.05, 3.63) is 48.5 Å². The van der Waals surface area contributed by atoms with Crippen LogP contribution in [0.1, 0.15) is 10.5 Å². The number of hydrogen-bond donors (Lipinski definition) is 1. The molecule has 0 spiro atoms. The Bertz CT molecular complexity index is 482. The average Bonchev–Trinajstić information content (AvgIpc) is 2.30. The lowest BCUT2D eigenvalue weighted by molar-refractivity contribution is 0.0995. The summed E-state index contributed by atoms with van der Waals surface area (Å²) < 4.78 is 0. The Morgan fingerprint density at radius 2 is 2.33 bits per heavy atom. The highest BCUT2D eigenvalue weighted by atomic mass is 16.1. The molecule has 0 unspecified atom stereocenters. The third kappa shape index (κ3) is 1.99. The molecule has 4 heteroatoms. The molecule has 4 nitrogen and oxygen atoms in total. The minimum atomic E-state index is -0.547. The van der Waals surface area contributed by atoms with Crippen molar-refractivity contribution in [2.45, 2.75) is 0 Å². The monoisotopic (exact) mass is 198 g/mol. The van der Waals surface area contributed by atoms with Gasteiger partial charge >= 0.3 is 0 Å². The van der Waals surface area contributed by atoms with Crippen LogP contribution in [0.25, 0.3) is 11.1 Å². The predicted molar refractivity (Wildman–Crippen MR) is 54.8 cm³/mol. The molecule has 0 aliphatic carbocycles. The van der Waals surface area contributed by atoms with Crippen LogP contribution in [0, 0.1) is 6.07 Å². The third-order valence-electron chi connectivity index (χ3n) is 1.93. The normalized spacial score (nSPS) is 9.87. The van der Waals surface area contributed by atoms with Crippen molar-refractivity contribution in [1.82, 2.24) is 9.97 Å². The molecule has 2 aromatic rings. The first-order valence-electron chi connectivity index (χ1n) is 4.35. The summed E-state index contributed by atoms with van der Waals surface area (Å²) in [6.45, 7) is 0. The van der Waals surface area contributed by atoms with Gasteiger partial charge in [-0.05, 0) is 17.7 Å². The van der Waals surface area contributed by atoms with Crippen molar-refractivity contribution in [2.75, 3.05) is 0 Å². The van der Waals surface area contributed by atoms with Gasteiger partial charge in [-0.25, -0.2) is 0 Å². The van der Waals surface area contributed by atoms with Crippen LogP contribution < -0.4 is 5.73 Å². The zero-order valence-electron chi connectivity index (χ0n) is 7.84. The second-order valence-corrected chi connectivity index (χ2v) is 2.95. The number of primary amides is 1. The summed E-state index contributed by atoms with van der Waals surface area (Å²) in [5, 5.41) is 0. The minimum Gasteiger partial charge on any atom is -0.364 e. The molecule has 0 saturated carbocycles. The molecule has 0 aliphatic rings. The van der Waals surface area contributed by atoms with Gasteiger partial charge in [-0.1, -0.05) is 6.07 Å². The predicted octanol–water partition coefficient (Wildman–Crippen LogP) is 1.04. The van der Waals surface area contributed by atoms with Gasteiger partial charge in [0.2, 0.25) is 0 Å². The van der Waals surface area contributed by atoms with Crippen LogP contribution in [0.5, 0.6) is 0 Å². The minimum absolute atomic E-state index is 0.229. The summed E-state index contributed by atoms with van der Waals surface area (Å²) in [6, 6.07) is 8.21. The maximum atomic E-state index is 10.9. The van der Waals surface area contributed by atoms with Crippen LogP contribution in [-0.2, 0) is 0 Å². The first kappa shape index (κ1) is 9.33. The van der Waals surface area contributed by atoms with E-state index in [1.807, 2.05) is 12.1 Å². The molecule has 73 valence electrons. The Labute approximate surface area is 86.8 Å². The second kappa shape index (κ2) is 3.88. The van der Waals surface area contributed by atoms with Crippen molar-refractivity contribution in [1.29, 1.82) is 0 Å². The molecule has 2 N–H and O–H groups in total. The fourth-order valence-corrected chi connectivity index (χ4v) is 1.21. The van der Waals surface area contributed by atoms with E-state index >= 15 is 0 Å². The van der Waals surface area contributed by atoms with Gasteiger partial charge in [-0.3, -0.25) is 14.8 Å². The smallest absolute Gasteiger partial charge is 0.267 e. The van der Waals surface area contributed by atoms with Gasteiger partial charge in [0.05, 0.1) is 0 Å². The first-order chi connectivity index (χ1) is 7.27. The van der Waals surface area contributed by atoms with Gasteiger partial charge in [-0.2, -0.15) is 0 Å². The number of carbonyl (C=O) groups excluding carboxylic acids is 1. The van der Waals surface area contributed by atoms with Gasteiger partial charge in [-0.15, -0.1) is 0 Å². The average molecular weight is 198 g/mol. The Morgan fingerprint density at radius 3 is 3.00 bits per heavy atom. The van der Waals surface area contributed by atoms with Crippen LogP contribution >= 0.6 is 0 Å². The van der Waals surface area contributed by atoms with E-state index in [1.165, 1.54) is 6.20 Å². The van der Waals surface area contributed by atoms with Gasteiger partial charge in [0.25, 0.3) is 5.91 Å². The van der Waals surface area contributed by atoms with Crippen LogP contribution in [0.15, 0.2) is 36.8 Å². The fraction of sp³-hybridized carbons (Fsp3) is 0. The van der Waals surface area contributed by atoms with E-state index in [0.717, 1.165) is 11.1 Å². The summed E-state index contributed by atoms with van der Waals surface area (Å²) in [5.74, 6) is -0.547. The highest BCUT2D eigenvalue weighted by Crippen LogP contribution is 2.16. The summed E-state index contributed by atoms with van der Waals surface area (Å²) in [5.41, 5.74) is 6.99. The van der Waals surface area contributed by atoms with E-state index in [-0.39, 0.29) is 5.69 Å². The van der Waals surface area contributed by atoms with Gasteiger partial charge in [0.15, 0.2) is 0 Å². The van der Waals surface area contributed by atoms with Crippen molar-refractivity contribution in [3.8, 4) is 11.1 Å². The maximum Gasteiger partial charge on any atom is 0.267 e. The highest BCUT2D eigenvalue weighted by molar-refractivity contribution is 5.91. The zero-order chi connectivity index (χ0) is 10.7. The Kier molecular flexibility index (Phi) is 2.41. The number of rotatable bonds is 2. The largest absolute Gasteiger partial charge is 0.364 e. The highest BCUT2D eigenvalue weighted by Gasteiger charge is 2.04. The SMILES string of the molecule is NC(=O)c1cc(-c2cccnc2)[c]cn1. The summed E-state index contributed by atoms with van der Waals surface area (Å²) in [6.07, 6.45) is 4.80. The molecule has 1 amide bonds. The summed E-state index contributed by atoms with van der Waals surface area (Å²) >= 11 is 0. The second-order valence-electron chi connectivity index (χ2n) is 2.95.